The molecule has 90 valence electrons. The molecule has 0 spiro atoms. The molecule has 3 nitrogen and oxygen atoms in total. The number of anilines is 1. The van der Waals surface area contributed by atoms with Crippen LogP contribution < -0.4 is 5.32 Å². The van der Waals surface area contributed by atoms with Crippen molar-refractivity contribution in [3.05, 3.63) is 36.5 Å². The molecule has 1 heterocycles. The Morgan fingerprint density at radius 2 is 2.00 bits per heavy atom. The monoisotopic (exact) mass is 229 g/mol. The quantitative estimate of drug-likeness (QED) is 0.842. The van der Waals surface area contributed by atoms with Crippen molar-refractivity contribution in [1.29, 1.82) is 0 Å². The van der Waals surface area contributed by atoms with Crippen molar-refractivity contribution in [1.82, 2.24) is 10.2 Å². The summed E-state index contributed by atoms with van der Waals surface area (Å²) in [5.41, 5.74) is 3.35. The van der Waals surface area contributed by atoms with Gasteiger partial charge in [0.1, 0.15) is 0 Å². The number of aromatic nitrogens is 2. The molecular formula is C14H19N3. The third-order valence-corrected chi connectivity index (χ3v) is 3.07. The van der Waals surface area contributed by atoms with Crippen LogP contribution in [0, 0.1) is 5.92 Å². The zero-order valence-corrected chi connectivity index (χ0v) is 10.6. The third-order valence-electron chi connectivity index (χ3n) is 3.07. The summed E-state index contributed by atoms with van der Waals surface area (Å²) < 4.78 is 0. The summed E-state index contributed by atoms with van der Waals surface area (Å²) in [6.07, 6.45) is 1.77. The Kier molecular flexibility index (Phi) is 3.47. The molecule has 0 saturated carbocycles. The lowest BCUT2D eigenvalue weighted by Crippen LogP contribution is -2.21. The van der Waals surface area contributed by atoms with Crippen molar-refractivity contribution >= 4 is 5.69 Å². The van der Waals surface area contributed by atoms with E-state index in [1.54, 1.807) is 6.20 Å². The smallest absolute Gasteiger partial charge is 0.0650 e. The summed E-state index contributed by atoms with van der Waals surface area (Å²) in [6, 6.07) is 10.8. The van der Waals surface area contributed by atoms with E-state index >= 15 is 0 Å². The molecule has 0 aliphatic heterocycles. The molecule has 0 aliphatic carbocycles. The number of rotatable bonds is 4. The molecule has 3 heteroatoms. The van der Waals surface area contributed by atoms with E-state index in [-0.39, 0.29) is 0 Å². The molecule has 2 aromatic rings. The van der Waals surface area contributed by atoms with Crippen LogP contribution in [0.25, 0.3) is 11.3 Å². The first-order chi connectivity index (χ1) is 8.16. The van der Waals surface area contributed by atoms with E-state index in [1.807, 2.05) is 6.07 Å². The Hall–Kier alpha value is -1.77. The Bertz CT molecular complexity index is 460. The SMILES string of the molecule is CC(C)C(C)Nc1cccc(-c2ccn[nH]2)c1. The molecule has 17 heavy (non-hydrogen) atoms. The van der Waals surface area contributed by atoms with Gasteiger partial charge in [-0.1, -0.05) is 26.0 Å². The Morgan fingerprint density at radius 3 is 2.65 bits per heavy atom. The lowest BCUT2D eigenvalue weighted by molar-refractivity contribution is 0.560. The van der Waals surface area contributed by atoms with Crippen LogP contribution in [0.15, 0.2) is 36.5 Å². The van der Waals surface area contributed by atoms with Crippen LogP contribution in [-0.2, 0) is 0 Å². The highest BCUT2D eigenvalue weighted by Gasteiger charge is 2.07. The normalized spacial score (nSPS) is 12.7. The summed E-state index contributed by atoms with van der Waals surface area (Å²) in [6.45, 7) is 6.64. The first-order valence-corrected chi connectivity index (χ1v) is 6.03. The van der Waals surface area contributed by atoms with Gasteiger partial charge in [-0.2, -0.15) is 5.10 Å². The molecule has 2 N–H and O–H groups in total. The largest absolute Gasteiger partial charge is 0.382 e. The zero-order chi connectivity index (χ0) is 12.3. The van der Waals surface area contributed by atoms with Gasteiger partial charge in [0.25, 0.3) is 0 Å². The van der Waals surface area contributed by atoms with Crippen LogP contribution in [0.1, 0.15) is 20.8 Å². The minimum atomic E-state index is 0.465. The summed E-state index contributed by atoms with van der Waals surface area (Å²) in [5, 5.41) is 10.5. The fraction of sp³-hybridized carbons (Fsp3) is 0.357. The van der Waals surface area contributed by atoms with E-state index in [4.69, 9.17) is 0 Å². The molecule has 0 amide bonds. The van der Waals surface area contributed by atoms with Gasteiger partial charge in [-0.25, -0.2) is 0 Å². The van der Waals surface area contributed by atoms with Crippen LogP contribution in [0.4, 0.5) is 5.69 Å². The van der Waals surface area contributed by atoms with Crippen LogP contribution >= 0.6 is 0 Å². The van der Waals surface area contributed by atoms with Gasteiger partial charge in [0.05, 0.1) is 5.69 Å². The Morgan fingerprint density at radius 1 is 1.18 bits per heavy atom. The second kappa shape index (κ2) is 5.04. The Balaban J connectivity index is 2.18. The summed E-state index contributed by atoms with van der Waals surface area (Å²) in [5.74, 6) is 0.616. The lowest BCUT2D eigenvalue weighted by Gasteiger charge is -2.19. The number of hydrogen-bond donors (Lipinski definition) is 2. The lowest BCUT2D eigenvalue weighted by atomic mass is 10.1. The van der Waals surface area contributed by atoms with Crippen molar-refractivity contribution in [3.63, 3.8) is 0 Å². The third kappa shape index (κ3) is 2.87. The van der Waals surface area contributed by atoms with Gasteiger partial charge in [0.15, 0.2) is 0 Å². The van der Waals surface area contributed by atoms with Crippen molar-refractivity contribution in [2.75, 3.05) is 5.32 Å². The molecule has 0 aliphatic rings. The molecule has 2 rings (SSSR count). The van der Waals surface area contributed by atoms with Crippen LogP contribution in [0.5, 0.6) is 0 Å². The van der Waals surface area contributed by atoms with Gasteiger partial charge in [0, 0.05) is 23.5 Å². The van der Waals surface area contributed by atoms with E-state index in [1.165, 1.54) is 0 Å². The number of nitrogens with one attached hydrogen (secondary N) is 2. The average molecular weight is 229 g/mol. The second-order valence-corrected chi connectivity index (χ2v) is 4.73. The minimum absolute atomic E-state index is 0.465. The summed E-state index contributed by atoms with van der Waals surface area (Å²) in [7, 11) is 0. The van der Waals surface area contributed by atoms with E-state index in [9.17, 15) is 0 Å². The molecule has 1 aromatic carbocycles. The molecule has 0 bridgehead atoms. The first-order valence-electron chi connectivity index (χ1n) is 6.03. The summed E-state index contributed by atoms with van der Waals surface area (Å²) in [4.78, 5) is 0. The van der Waals surface area contributed by atoms with Crippen molar-refractivity contribution in [2.45, 2.75) is 26.8 Å². The number of nitrogens with zero attached hydrogens (tertiary/aromatic N) is 1. The first kappa shape index (κ1) is 11.7. The van der Waals surface area contributed by atoms with Gasteiger partial charge < -0.3 is 5.32 Å². The predicted molar refractivity (Wildman–Crippen MR) is 71.9 cm³/mol. The zero-order valence-electron chi connectivity index (χ0n) is 10.6. The van der Waals surface area contributed by atoms with E-state index in [2.05, 4.69) is 60.6 Å². The fourth-order valence-electron chi connectivity index (χ4n) is 1.62. The van der Waals surface area contributed by atoms with Crippen LogP contribution in [0.3, 0.4) is 0 Å². The Labute approximate surface area is 102 Å². The maximum absolute atomic E-state index is 3.97. The highest BCUT2D eigenvalue weighted by atomic mass is 15.1. The predicted octanol–water partition coefficient (Wildman–Crippen LogP) is 3.53. The van der Waals surface area contributed by atoms with Crippen molar-refractivity contribution in [3.8, 4) is 11.3 Å². The molecule has 1 unspecified atom stereocenters. The van der Waals surface area contributed by atoms with Crippen molar-refractivity contribution < 1.29 is 0 Å². The topological polar surface area (TPSA) is 40.7 Å². The van der Waals surface area contributed by atoms with Gasteiger partial charge in [-0.15, -0.1) is 0 Å². The summed E-state index contributed by atoms with van der Waals surface area (Å²) >= 11 is 0. The van der Waals surface area contributed by atoms with Gasteiger partial charge in [-0.3, -0.25) is 5.10 Å². The van der Waals surface area contributed by atoms with Gasteiger partial charge >= 0.3 is 0 Å². The van der Waals surface area contributed by atoms with E-state index in [0.29, 0.717) is 12.0 Å². The second-order valence-electron chi connectivity index (χ2n) is 4.73. The molecule has 1 aromatic heterocycles. The average Bonchev–Trinajstić information content (AvgIpc) is 2.82. The molecule has 1 atom stereocenters. The molecule has 0 fully saturated rings. The molecule has 0 saturated heterocycles. The van der Waals surface area contributed by atoms with Crippen LogP contribution in [0.2, 0.25) is 0 Å². The highest BCUT2D eigenvalue weighted by molar-refractivity contribution is 5.64. The minimum Gasteiger partial charge on any atom is -0.382 e. The standard InChI is InChI=1S/C14H19N3/c1-10(2)11(3)16-13-6-4-5-12(9-13)14-7-8-15-17-14/h4-11,16H,1-3H3,(H,15,17). The molecular weight excluding hydrogens is 210 g/mol. The van der Waals surface area contributed by atoms with Crippen molar-refractivity contribution in [2.24, 2.45) is 5.92 Å². The number of H-pyrrole nitrogens is 1. The van der Waals surface area contributed by atoms with E-state index < -0.39 is 0 Å². The number of hydrogen-bond acceptors (Lipinski definition) is 2. The maximum Gasteiger partial charge on any atom is 0.0650 e. The fourth-order valence-corrected chi connectivity index (χ4v) is 1.62. The van der Waals surface area contributed by atoms with Gasteiger partial charge in [0.2, 0.25) is 0 Å². The maximum atomic E-state index is 3.97. The number of aromatic amines is 1. The van der Waals surface area contributed by atoms with Crippen LogP contribution in [-0.4, -0.2) is 16.2 Å². The van der Waals surface area contributed by atoms with E-state index in [0.717, 1.165) is 16.9 Å². The molecule has 0 radical (unpaired) electrons. The highest BCUT2D eigenvalue weighted by Crippen LogP contribution is 2.21. The van der Waals surface area contributed by atoms with Gasteiger partial charge in [-0.05, 0) is 31.0 Å². The number of benzene rings is 1.